The zero-order valence-corrected chi connectivity index (χ0v) is 11.9. The standard InChI is InChI=1S/C14H9Cl3F2/c15-10-4-2-1-3-8(10)5-11(16)9-6-14(19)12(17)7-13(9)18/h1-4,6-7,11H,5H2. The van der Waals surface area contributed by atoms with E-state index < -0.39 is 17.0 Å². The van der Waals surface area contributed by atoms with E-state index in [4.69, 9.17) is 34.8 Å². The van der Waals surface area contributed by atoms with Crippen LogP contribution in [0.5, 0.6) is 0 Å². The topological polar surface area (TPSA) is 0 Å². The molecule has 19 heavy (non-hydrogen) atoms. The molecule has 5 heteroatoms. The Labute approximate surface area is 124 Å². The number of hydrogen-bond acceptors (Lipinski definition) is 0. The van der Waals surface area contributed by atoms with Crippen LogP contribution >= 0.6 is 34.8 Å². The molecule has 1 atom stereocenters. The van der Waals surface area contributed by atoms with Crippen molar-refractivity contribution >= 4 is 34.8 Å². The van der Waals surface area contributed by atoms with E-state index in [0.717, 1.165) is 17.7 Å². The highest BCUT2D eigenvalue weighted by Gasteiger charge is 2.17. The van der Waals surface area contributed by atoms with E-state index in [2.05, 4.69) is 0 Å². The predicted molar refractivity (Wildman–Crippen MR) is 75.1 cm³/mol. The SMILES string of the molecule is Fc1cc(C(Cl)Cc2ccccc2Cl)c(F)cc1Cl. The minimum atomic E-state index is -0.716. The number of rotatable bonds is 3. The summed E-state index contributed by atoms with van der Waals surface area (Å²) < 4.78 is 27.1. The molecule has 0 nitrogen and oxygen atoms in total. The van der Waals surface area contributed by atoms with Crippen LogP contribution in [-0.4, -0.2) is 0 Å². The van der Waals surface area contributed by atoms with Gasteiger partial charge in [0.2, 0.25) is 0 Å². The molecule has 0 amide bonds. The number of alkyl halides is 1. The first-order valence-corrected chi connectivity index (χ1v) is 6.70. The molecule has 0 aliphatic rings. The van der Waals surface area contributed by atoms with Crippen molar-refractivity contribution in [1.82, 2.24) is 0 Å². The summed E-state index contributed by atoms with van der Waals surface area (Å²) in [5.74, 6) is -1.32. The van der Waals surface area contributed by atoms with Crippen molar-refractivity contribution in [2.75, 3.05) is 0 Å². The molecule has 0 bridgehead atoms. The Morgan fingerprint density at radius 2 is 1.63 bits per heavy atom. The highest BCUT2D eigenvalue weighted by Crippen LogP contribution is 2.32. The molecule has 0 aliphatic heterocycles. The van der Waals surface area contributed by atoms with Gasteiger partial charge in [-0.15, -0.1) is 11.6 Å². The number of benzene rings is 2. The third kappa shape index (κ3) is 3.38. The van der Waals surface area contributed by atoms with Crippen LogP contribution in [0.25, 0.3) is 0 Å². The summed E-state index contributed by atoms with van der Waals surface area (Å²) in [6, 6.07) is 9.06. The Bertz CT molecular complexity index is 599. The lowest BCUT2D eigenvalue weighted by Gasteiger charge is -2.12. The quantitative estimate of drug-likeness (QED) is 0.495. The van der Waals surface area contributed by atoms with Gasteiger partial charge in [-0.05, 0) is 30.2 Å². The zero-order chi connectivity index (χ0) is 14.0. The second-order valence-electron chi connectivity index (χ2n) is 4.05. The molecule has 0 aromatic heterocycles. The molecule has 0 fully saturated rings. The molecule has 0 N–H and O–H groups in total. The molecule has 0 heterocycles. The summed E-state index contributed by atoms with van der Waals surface area (Å²) in [5.41, 5.74) is 0.849. The molecule has 0 aliphatic carbocycles. The summed E-state index contributed by atoms with van der Waals surface area (Å²) in [6.45, 7) is 0. The third-order valence-corrected chi connectivity index (χ3v) is 3.78. The summed E-state index contributed by atoms with van der Waals surface area (Å²) >= 11 is 17.6. The van der Waals surface area contributed by atoms with Crippen LogP contribution < -0.4 is 0 Å². The summed E-state index contributed by atoms with van der Waals surface area (Å²) in [6.07, 6.45) is 0.305. The molecule has 1 unspecified atom stereocenters. The van der Waals surface area contributed by atoms with Crippen molar-refractivity contribution in [2.45, 2.75) is 11.8 Å². The van der Waals surface area contributed by atoms with E-state index in [1.807, 2.05) is 6.07 Å². The van der Waals surface area contributed by atoms with Crippen molar-refractivity contribution in [3.8, 4) is 0 Å². The lowest BCUT2D eigenvalue weighted by molar-refractivity contribution is 0.582. The summed E-state index contributed by atoms with van der Waals surface area (Å²) in [7, 11) is 0. The number of hydrogen-bond donors (Lipinski definition) is 0. The van der Waals surface area contributed by atoms with E-state index in [1.54, 1.807) is 18.2 Å². The van der Waals surface area contributed by atoms with Crippen LogP contribution in [0.4, 0.5) is 8.78 Å². The minimum absolute atomic E-state index is 0.0727. The highest BCUT2D eigenvalue weighted by atomic mass is 35.5. The second-order valence-corrected chi connectivity index (χ2v) is 5.39. The molecule has 100 valence electrons. The van der Waals surface area contributed by atoms with Gasteiger partial charge in [-0.25, -0.2) is 8.78 Å². The van der Waals surface area contributed by atoms with Crippen molar-refractivity contribution in [2.24, 2.45) is 0 Å². The third-order valence-electron chi connectivity index (χ3n) is 2.73. The lowest BCUT2D eigenvalue weighted by atomic mass is 10.0. The van der Waals surface area contributed by atoms with E-state index in [1.165, 1.54) is 0 Å². The van der Waals surface area contributed by atoms with Crippen LogP contribution in [-0.2, 0) is 6.42 Å². The van der Waals surface area contributed by atoms with Gasteiger partial charge in [0.05, 0.1) is 10.4 Å². The molecule has 0 saturated heterocycles. The molecule has 0 radical (unpaired) electrons. The Hall–Kier alpha value is -0.830. The Balaban J connectivity index is 2.28. The molecule has 2 aromatic carbocycles. The molecular weight excluding hydrogens is 313 g/mol. The average molecular weight is 322 g/mol. The molecule has 2 aromatic rings. The predicted octanol–water partition coefficient (Wildman–Crippen LogP) is 5.79. The maximum Gasteiger partial charge on any atom is 0.142 e. The summed E-state index contributed by atoms with van der Waals surface area (Å²) in [4.78, 5) is 0. The van der Waals surface area contributed by atoms with Crippen LogP contribution in [0.1, 0.15) is 16.5 Å². The lowest BCUT2D eigenvalue weighted by Crippen LogP contribution is -2.01. The molecular formula is C14H9Cl3F2. The van der Waals surface area contributed by atoms with Gasteiger partial charge in [0, 0.05) is 10.6 Å². The fourth-order valence-corrected chi connectivity index (χ4v) is 2.44. The largest absolute Gasteiger partial charge is 0.207 e. The Morgan fingerprint density at radius 3 is 2.32 bits per heavy atom. The average Bonchev–Trinajstić information content (AvgIpc) is 2.36. The normalized spacial score (nSPS) is 12.5. The van der Waals surface area contributed by atoms with Crippen LogP contribution in [0.15, 0.2) is 36.4 Å². The fourth-order valence-electron chi connectivity index (χ4n) is 1.74. The Kier molecular flexibility index (Phi) is 4.67. The van der Waals surface area contributed by atoms with E-state index in [-0.39, 0.29) is 10.6 Å². The first kappa shape index (κ1) is 14.6. The Morgan fingerprint density at radius 1 is 0.947 bits per heavy atom. The monoisotopic (exact) mass is 320 g/mol. The smallest absolute Gasteiger partial charge is 0.142 e. The second kappa shape index (κ2) is 6.08. The summed E-state index contributed by atoms with van der Waals surface area (Å²) in [5, 5.41) is -0.433. The first-order chi connectivity index (χ1) is 8.99. The van der Waals surface area contributed by atoms with Gasteiger partial charge in [-0.2, -0.15) is 0 Å². The van der Waals surface area contributed by atoms with Crippen LogP contribution in [0.2, 0.25) is 10.0 Å². The van der Waals surface area contributed by atoms with Crippen molar-refractivity contribution in [1.29, 1.82) is 0 Å². The number of halogens is 5. The molecule has 2 rings (SSSR count). The molecule has 0 spiro atoms. The van der Waals surface area contributed by atoms with Gasteiger partial charge in [-0.3, -0.25) is 0 Å². The van der Waals surface area contributed by atoms with E-state index >= 15 is 0 Å². The van der Waals surface area contributed by atoms with Gasteiger partial charge < -0.3 is 0 Å². The van der Waals surface area contributed by atoms with Crippen LogP contribution in [0.3, 0.4) is 0 Å². The van der Waals surface area contributed by atoms with Crippen molar-refractivity contribution < 1.29 is 8.78 Å². The molecule has 0 saturated carbocycles. The van der Waals surface area contributed by atoms with Crippen LogP contribution in [0, 0.1) is 11.6 Å². The van der Waals surface area contributed by atoms with Crippen molar-refractivity contribution in [3.63, 3.8) is 0 Å². The first-order valence-electron chi connectivity index (χ1n) is 5.51. The van der Waals surface area contributed by atoms with E-state index in [9.17, 15) is 8.78 Å². The van der Waals surface area contributed by atoms with Gasteiger partial charge in [0.1, 0.15) is 11.6 Å². The zero-order valence-electron chi connectivity index (χ0n) is 9.64. The van der Waals surface area contributed by atoms with Gasteiger partial charge in [0.25, 0.3) is 0 Å². The highest BCUT2D eigenvalue weighted by molar-refractivity contribution is 6.31. The minimum Gasteiger partial charge on any atom is -0.207 e. The van der Waals surface area contributed by atoms with E-state index in [0.29, 0.717) is 11.4 Å². The van der Waals surface area contributed by atoms with Gasteiger partial charge >= 0.3 is 0 Å². The van der Waals surface area contributed by atoms with Gasteiger partial charge in [-0.1, -0.05) is 41.4 Å². The van der Waals surface area contributed by atoms with Crippen molar-refractivity contribution in [3.05, 3.63) is 69.2 Å². The maximum atomic E-state index is 13.7. The fraction of sp³-hybridized carbons (Fsp3) is 0.143. The maximum absolute atomic E-state index is 13.7. The van der Waals surface area contributed by atoms with Gasteiger partial charge in [0.15, 0.2) is 0 Å².